The van der Waals surface area contributed by atoms with Gasteiger partial charge in [-0.05, 0) is 75.7 Å². The average Bonchev–Trinajstić information content (AvgIpc) is 3.36. The molecule has 73 heavy (non-hydrogen) atoms. The molecule has 0 saturated carbocycles. The highest BCUT2D eigenvalue weighted by Gasteiger charge is 2.23. The van der Waals surface area contributed by atoms with Gasteiger partial charge in [-0.1, -0.05) is 77.8 Å². The van der Waals surface area contributed by atoms with E-state index in [2.05, 4.69) is 28.1 Å². The van der Waals surface area contributed by atoms with Crippen LogP contribution in [0, 0.1) is 0 Å². The van der Waals surface area contributed by atoms with Crippen molar-refractivity contribution >= 4 is 74.2 Å². The Bertz CT molecular complexity index is 3400. The Balaban J connectivity index is 0.000000239. The quantitative estimate of drug-likeness (QED) is 0.0653. The van der Waals surface area contributed by atoms with Gasteiger partial charge < -0.3 is 39.6 Å². The second-order valence-corrected chi connectivity index (χ2v) is 18.0. The van der Waals surface area contributed by atoms with Crippen molar-refractivity contribution in [3.8, 4) is 23.0 Å². The molecule has 3 N–H and O–H groups in total. The molecular weight excluding hydrogens is 986 g/mol. The van der Waals surface area contributed by atoms with E-state index >= 15 is 0 Å². The molecule has 2 heterocycles. The molecule has 2 aromatic heterocycles. The zero-order valence-electron chi connectivity index (χ0n) is 41.2. The molecule has 0 aliphatic carbocycles. The number of hydrogen-bond acceptors (Lipinski definition) is 13. The van der Waals surface area contributed by atoms with Crippen molar-refractivity contribution in [3.63, 3.8) is 0 Å². The van der Waals surface area contributed by atoms with Crippen LogP contribution in [-0.2, 0) is 51.7 Å². The molecule has 7 rings (SSSR count). The minimum Gasteiger partial charge on any atom is -0.495 e. The van der Waals surface area contributed by atoms with Gasteiger partial charge in [-0.15, -0.1) is 0 Å². The summed E-state index contributed by atoms with van der Waals surface area (Å²) in [5, 5.41) is 9.75. The molecule has 0 bridgehead atoms. The van der Waals surface area contributed by atoms with Gasteiger partial charge in [-0.25, -0.2) is 14.2 Å². The third-order valence-electron chi connectivity index (χ3n) is 11.0. The number of nitrogens with zero attached hydrogens (tertiary/aromatic N) is 4. The maximum Gasteiger partial charge on any atom is 0.332 e. The fourth-order valence-electron chi connectivity index (χ4n) is 7.66. The van der Waals surface area contributed by atoms with Crippen molar-refractivity contribution in [2.45, 2.75) is 59.0 Å². The first-order chi connectivity index (χ1) is 34.9. The van der Waals surface area contributed by atoms with Crippen LogP contribution in [0.15, 0.2) is 122 Å². The molecule has 0 radical (unpaired) electrons. The lowest BCUT2D eigenvalue weighted by atomic mass is 10.1. The summed E-state index contributed by atoms with van der Waals surface area (Å²) in [6.07, 6.45) is 0.830. The topological polar surface area (TPSA) is 221 Å². The molecule has 0 spiro atoms. The first-order valence-electron chi connectivity index (χ1n) is 22.7. The van der Waals surface area contributed by atoms with Crippen LogP contribution in [-0.4, -0.2) is 83.2 Å². The zero-order valence-corrected chi connectivity index (χ0v) is 42.7. The molecule has 0 aliphatic heterocycles. The number of para-hydroxylation sites is 2. The van der Waals surface area contributed by atoms with Crippen molar-refractivity contribution in [1.82, 2.24) is 23.6 Å². The number of benzene rings is 5. The minimum absolute atomic E-state index is 0.167. The van der Waals surface area contributed by atoms with E-state index in [0.29, 0.717) is 57.7 Å². The van der Waals surface area contributed by atoms with Gasteiger partial charge in [-0.2, -0.15) is 0 Å². The fraction of sp³-hybridized carbons (Fsp3) is 0.288. The van der Waals surface area contributed by atoms with Crippen LogP contribution in [0.5, 0.6) is 23.0 Å². The Morgan fingerprint density at radius 1 is 0.534 bits per heavy atom. The lowest BCUT2D eigenvalue weighted by Gasteiger charge is -2.20. The summed E-state index contributed by atoms with van der Waals surface area (Å²) in [7, 11) is 5.80. The Kier molecular flexibility index (Phi) is 18.3. The molecule has 7 aromatic rings. The van der Waals surface area contributed by atoms with Crippen molar-refractivity contribution in [3.05, 3.63) is 160 Å². The molecule has 384 valence electrons. The van der Waals surface area contributed by atoms with Crippen LogP contribution in [0.3, 0.4) is 0 Å². The highest BCUT2D eigenvalue weighted by molar-refractivity contribution is 6.33. The largest absolute Gasteiger partial charge is 0.495 e. The second-order valence-electron chi connectivity index (χ2n) is 17.2. The van der Waals surface area contributed by atoms with Gasteiger partial charge in [0.05, 0.1) is 71.7 Å². The van der Waals surface area contributed by atoms with Crippen molar-refractivity contribution in [1.29, 1.82) is 0 Å². The van der Waals surface area contributed by atoms with Crippen LogP contribution in [0.1, 0.15) is 26.3 Å². The summed E-state index contributed by atoms with van der Waals surface area (Å²) in [5.74, 6) is -0.413. The van der Waals surface area contributed by atoms with Crippen molar-refractivity contribution in [2.24, 2.45) is 0 Å². The normalized spacial score (nSPS) is 11.1. The van der Waals surface area contributed by atoms with Gasteiger partial charge in [-0.3, -0.25) is 37.7 Å². The smallest absolute Gasteiger partial charge is 0.332 e. The maximum atomic E-state index is 13.4. The molecule has 0 aliphatic rings. The van der Waals surface area contributed by atoms with Crippen LogP contribution >= 0.6 is 23.2 Å². The van der Waals surface area contributed by atoms with E-state index in [1.807, 2.05) is 18.2 Å². The number of carbonyl (C=O) groups is 3. The summed E-state index contributed by atoms with van der Waals surface area (Å²) in [5.41, 5.74) is -0.807. The molecule has 0 atom stereocenters. The minimum atomic E-state index is -0.825. The van der Waals surface area contributed by atoms with Crippen molar-refractivity contribution < 1.29 is 38.1 Å². The van der Waals surface area contributed by atoms with Crippen LogP contribution in [0.4, 0.5) is 11.4 Å². The summed E-state index contributed by atoms with van der Waals surface area (Å²) in [6.45, 7) is 4.98. The number of nitrogens with one attached hydrogen (secondary N) is 3. The van der Waals surface area contributed by atoms with Crippen LogP contribution < -0.4 is 57.4 Å². The number of carbonyl (C=O) groups excluding carboxylic acids is 3. The number of esters is 1. The Labute approximate surface area is 428 Å². The van der Waals surface area contributed by atoms with E-state index < -0.39 is 59.0 Å². The highest BCUT2D eigenvalue weighted by atomic mass is 35.5. The zero-order chi connectivity index (χ0) is 53.0. The molecule has 0 fully saturated rings. The number of fused-ring (bicyclic) bond motifs is 2. The monoisotopic (exact) mass is 1040 g/mol. The number of amides is 2. The molecular formula is C52H55Cl2N7O12. The van der Waals surface area contributed by atoms with E-state index in [4.69, 9.17) is 46.9 Å². The number of methoxy groups -OCH3 is 4. The molecule has 19 nitrogen and oxygen atoms in total. The summed E-state index contributed by atoms with van der Waals surface area (Å²) in [4.78, 5) is 91.0. The van der Waals surface area contributed by atoms with Gasteiger partial charge in [0.15, 0.2) is 0 Å². The van der Waals surface area contributed by atoms with Gasteiger partial charge in [0.2, 0.25) is 11.8 Å². The number of hydrogen-bond donors (Lipinski definition) is 3. The highest BCUT2D eigenvalue weighted by Crippen LogP contribution is 2.37. The first-order valence-corrected chi connectivity index (χ1v) is 23.5. The number of halogens is 2. The number of anilines is 2. The standard InChI is InChI=1S/C28H29ClN4O5.C24H26ClN3O7/c1-37-24-17-25(38-2)22(16-21(24)29)31-26(34)18-33-23-11-7-6-10-20(23)27(35)32(28(33)36)15-14-30-13-12-19-8-4-3-5-9-19;1-24(2,3)35-21(30)13-28-22(31)14-8-6-7-9-17(14)27(23(28)32)12-20(29)26-16-10-15(25)18(33-4)11-19(16)34-5/h3-11,16-17,30H,12-15,18H2,1-2H3,(H,31,34);6-11H,12-13H2,1-5H3,(H,26,29). The van der Waals surface area contributed by atoms with E-state index in [-0.39, 0.29) is 34.7 Å². The summed E-state index contributed by atoms with van der Waals surface area (Å²) < 4.78 is 30.6. The second kappa shape index (κ2) is 24.5. The fourth-order valence-corrected chi connectivity index (χ4v) is 8.14. The maximum absolute atomic E-state index is 13.4. The number of rotatable bonds is 18. The first kappa shape index (κ1) is 54.5. The molecule has 0 unspecified atom stereocenters. The third kappa shape index (κ3) is 13.6. The molecule has 5 aromatic carbocycles. The summed E-state index contributed by atoms with van der Waals surface area (Å²) in [6, 6.07) is 29.2. The lowest BCUT2D eigenvalue weighted by Crippen LogP contribution is -2.44. The van der Waals surface area contributed by atoms with Crippen molar-refractivity contribution in [2.75, 3.05) is 52.2 Å². The molecule has 0 saturated heterocycles. The average molecular weight is 1040 g/mol. The van der Waals surface area contributed by atoms with E-state index in [9.17, 15) is 33.6 Å². The Hall–Kier alpha value is -7.87. The van der Waals surface area contributed by atoms with Crippen LogP contribution in [0.25, 0.3) is 21.8 Å². The van der Waals surface area contributed by atoms with Gasteiger partial charge >= 0.3 is 17.3 Å². The van der Waals surface area contributed by atoms with Gasteiger partial charge in [0.25, 0.3) is 11.1 Å². The Morgan fingerprint density at radius 2 is 0.973 bits per heavy atom. The van der Waals surface area contributed by atoms with Gasteiger partial charge in [0.1, 0.15) is 48.2 Å². The summed E-state index contributed by atoms with van der Waals surface area (Å²) >= 11 is 12.4. The predicted octanol–water partition coefficient (Wildman–Crippen LogP) is 6.12. The van der Waals surface area contributed by atoms with E-state index in [1.54, 1.807) is 69.3 Å². The van der Waals surface area contributed by atoms with Crippen LogP contribution in [0.2, 0.25) is 10.0 Å². The van der Waals surface area contributed by atoms with E-state index in [0.717, 1.165) is 20.1 Å². The number of aromatic nitrogens is 4. The number of ether oxygens (including phenoxy) is 5. The molecule has 2 amide bonds. The molecule has 21 heteroatoms. The predicted molar refractivity (Wildman–Crippen MR) is 280 cm³/mol. The third-order valence-corrected chi connectivity index (χ3v) is 11.6. The lowest BCUT2D eigenvalue weighted by molar-refractivity contribution is -0.155. The van der Waals surface area contributed by atoms with E-state index in [1.165, 1.54) is 62.8 Å². The SMILES string of the molecule is COc1cc(OC)c(NC(=O)Cn2c(=O)n(CC(=O)OC(C)(C)C)c(=O)c3ccccc32)cc1Cl.COc1cc(OC)c(NC(=O)Cn2c(=O)n(CCNCCc3ccccc3)c(=O)c3ccccc32)cc1Cl. The Morgan fingerprint density at radius 3 is 1.44 bits per heavy atom. The van der Waals surface area contributed by atoms with Gasteiger partial charge in [0, 0.05) is 25.2 Å².